The van der Waals surface area contributed by atoms with Crippen LogP contribution >= 0.6 is 24.8 Å². The molecule has 0 aromatic carbocycles. The molecule has 0 radical (unpaired) electrons. The molecule has 0 spiro atoms. The highest BCUT2D eigenvalue weighted by molar-refractivity contribution is 5.85. The van der Waals surface area contributed by atoms with Crippen molar-refractivity contribution in [3.63, 3.8) is 0 Å². The van der Waals surface area contributed by atoms with Gasteiger partial charge in [-0.15, -0.1) is 24.8 Å². The van der Waals surface area contributed by atoms with Crippen molar-refractivity contribution in [2.45, 2.75) is 50.6 Å². The van der Waals surface area contributed by atoms with Gasteiger partial charge in [0.15, 0.2) is 0 Å². The molecule has 0 bridgehead atoms. The van der Waals surface area contributed by atoms with E-state index in [0.29, 0.717) is 0 Å². The Morgan fingerprint density at radius 1 is 1.33 bits per heavy atom. The first-order chi connectivity index (χ1) is 4.69. The van der Waals surface area contributed by atoms with Gasteiger partial charge in [-0.05, 0) is 19.3 Å². The molecule has 4 N–H and O–H groups in total. The van der Waals surface area contributed by atoms with Gasteiger partial charge in [0.2, 0.25) is 0 Å². The highest BCUT2D eigenvalue weighted by Crippen LogP contribution is 2.27. The summed E-state index contributed by atoms with van der Waals surface area (Å²) in [7, 11) is 0. The molecule has 1 rings (SSSR count). The average molecular weight is 215 g/mol. The fraction of sp³-hybridized carbons (Fsp3) is 1.00. The van der Waals surface area contributed by atoms with E-state index in [-0.39, 0.29) is 36.4 Å². The van der Waals surface area contributed by atoms with Gasteiger partial charge in [0, 0.05) is 11.6 Å². The van der Waals surface area contributed by atoms with E-state index < -0.39 is 0 Å². The van der Waals surface area contributed by atoms with E-state index in [2.05, 4.69) is 6.92 Å². The summed E-state index contributed by atoms with van der Waals surface area (Å²) in [6.45, 7) is 2.13. The molecular formula is C8H20Cl2N2. The van der Waals surface area contributed by atoms with Crippen LogP contribution in [0.15, 0.2) is 0 Å². The van der Waals surface area contributed by atoms with E-state index in [4.69, 9.17) is 11.5 Å². The molecule has 0 heterocycles. The van der Waals surface area contributed by atoms with Gasteiger partial charge in [0.05, 0.1) is 0 Å². The zero-order valence-electron chi connectivity index (χ0n) is 7.58. The van der Waals surface area contributed by atoms with Gasteiger partial charge in [-0.2, -0.15) is 0 Å². The van der Waals surface area contributed by atoms with Crippen LogP contribution in [-0.2, 0) is 0 Å². The van der Waals surface area contributed by atoms with E-state index >= 15 is 0 Å². The van der Waals surface area contributed by atoms with Crippen molar-refractivity contribution >= 4 is 24.8 Å². The Balaban J connectivity index is 0. The van der Waals surface area contributed by atoms with Gasteiger partial charge in [-0.3, -0.25) is 0 Å². The second-order valence-corrected chi connectivity index (χ2v) is 3.44. The molecule has 0 aromatic heterocycles. The van der Waals surface area contributed by atoms with Crippen LogP contribution < -0.4 is 11.5 Å². The minimum absolute atomic E-state index is 0. The minimum Gasteiger partial charge on any atom is -0.326 e. The summed E-state index contributed by atoms with van der Waals surface area (Å²) in [4.78, 5) is 0. The third-order valence-electron chi connectivity index (χ3n) is 2.80. The molecule has 2 unspecified atom stereocenters. The minimum atomic E-state index is -0.0434. The molecule has 1 fully saturated rings. The van der Waals surface area contributed by atoms with Crippen LogP contribution in [0.1, 0.15) is 39.0 Å². The van der Waals surface area contributed by atoms with Gasteiger partial charge in [0.1, 0.15) is 0 Å². The molecule has 2 nitrogen and oxygen atoms in total. The molecule has 1 aliphatic carbocycles. The molecule has 0 amide bonds. The summed E-state index contributed by atoms with van der Waals surface area (Å²) in [6.07, 6.45) is 5.78. The van der Waals surface area contributed by atoms with Gasteiger partial charge >= 0.3 is 0 Å². The van der Waals surface area contributed by atoms with Crippen LogP contribution in [0.4, 0.5) is 0 Å². The van der Waals surface area contributed by atoms with Gasteiger partial charge in [-0.25, -0.2) is 0 Å². The third kappa shape index (κ3) is 3.09. The first-order valence-electron chi connectivity index (χ1n) is 4.23. The normalized spacial score (nSPS) is 34.8. The number of hydrogen-bond acceptors (Lipinski definition) is 2. The second kappa shape index (κ2) is 6.03. The maximum Gasteiger partial charge on any atom is 0.0305 e. The Hall–Kier alpha value is 0.500. The van der Waals surface area contributed by atoms with Crippen molar-refractivity contribution in [3.05, 3.63) is 0 Å². The Morgan fingerprint density at radius 2 is 1.92 bits per heavy atom. The molecule has 1 saturated carbocycles. The fourth-order valence-electron chi connectivity index (χ4n) is 1.73. The van der Waals surface area contributed by atoms with Crippen molar-refractivity contribution < 1.29 is 0 Å². The molecule has 0 saturated heterocycles. The maximum absolute atomic E-state index is 6.08. The lowest BCUT2D eigenvalue weighted by atomic mass is 9.77. The topological polar surface area (TPSA) is 52.0 Å². The van der Waals surface area contributed by atoms with Gasteiger partial charge in [-0.1, -0.05) is 19.8 Å². The summed E-state index contributed by atoms with van der Waals surface area (Å²) in [5.41, 5.74) is 11.9. The summed E-state index contributed by atoms with van der Waals surface area (Å²) in [6, 6.07) is 0.242. The van der Waals surface area contributed by atoms with E-state index in [9.17, 15) is 0 Å². The summed E-state index contributed by atoms with van der Waals surface area (Å²) in [5.74, 6) is 0. The summed E-state index contributed by atoms with van der Waals surface area (Å²) < 4.78 is 0. The number of halogens is 2. The van der Waals surface area contributed by atoms with Crippen LogP contribution in [0.25, 0.3) is 0 Å². The summed E-state index contributed by atoms with van der Waals surface area (Å²) >= 11 is 0. The molecule has 12 heavy (non-hydrogen) atoms. The van der Waals surface area contributed by atoms with Crippen LogP contribution in [0.2, 0.25) is 0 Å². The van der Waals surface area contributed by atoms with Crippen LogP contribution in [0.3, 0.4) is 0 Å². The second-order valence-electron chi connectivity index (χ2n) is 3.44. The van der Waals surface area contributed by atoms with Crippen molar-refractivity contribution in [1.29, 1.82) is 0 Å². The quantitative estimate of drug-likeness (QED) is 0.701. The van der Waals surface area contributed by atoms with Crippen LogP contribution in [0, 0.1) is 0 Å². The highest BCUT2D eigenvalue weighted by Gasteiger charge is 2.32. The lowest BCUT2D eigenvalue weighted by Crippen LogP contribution is -2.56. The molecule has 2 atom stereocenters. The molecular weight excluding hydrogens is 195 g/mol. The Labute approximate surface area is 87.3 Å². The van der Waals surface area contributed by atoms with Crippen molar-refractivity contribution in [3.8, 4) is 0 Å². The first kappa shape index (κ1) is 15.0. The molecule has 76 valence electrons. The number of rotatable bonds is 1. The molecule has 1 aliphatic rings. The number of nitrogens with two attached hydrogens (primary N) is 2. The van der Waals surface area contributed by atoms with Crippen LogP contribution in [0.5, 0.6) is 0 Å². The van der Waals surface area contributed by atoms with E-state index in [0.717, 1.165) is 19.3 Å². The van der Waals surface area contributed by atoms with Crippen molar-refractivity contribution in [1.82, 2.24) is 0 Å². The lowest BCUT2D eigenvalue weighted by Gasteiger charge is -2.38. The van der Waals surface area contributed by atoms with Crippen LogP contribution in [-0.4, -0.2) is 11.6 Å². The van der Waals surface area contributed by atoms with Crippen molar-refractivity contribution in [2.24, 2.45) is 11.5 Å². The highest BCUT2D eigenvalue weighted by atomic mass is 35.5. The van der Waals surface area contributed by atoms with Gasteiger partial charge in [0.25, 0.3) is 0 Å². The Morgan fingerprint density at radius 3 is 2.25 bits per heavy atom. The molecule has 0 aromatic rings. The van der Waals surface area contributed by atoms with E-state index in [1.54, 1.807) is 0 Å². The first-order valence-corrected chi connectivity index (χ1v) is 4.23. The largest absolute Gasteiger partial charge is 0.326 e. The number of hydrogen-bond donors (Lipinski definition) is 2. The molecule has 4 heteroatoms. The summed E-state index contributed by atoms with van der Waals surface area (Å²) in [5, 5.41) is 0. The van der Waals surface area contributed by atoms with Crippen molar-refractivity contribution in [2.75, 3.05) is 0 Å². The fourth-order valence-corrected chi connectivity index (χ4v) is 1.73. The standard InChI is InChI=1S/C8H18N2.2ClH/c1-2-8(10)6-4-3-5-7(8)9;;/h7H,2-6,9-10H2,1H3;2*1H. The molecule has 0 aliphatic heterocycles. The third-order valence-corrected chi connectivity index (χ3v) is 2.80. The lowest BCUT2D eigenvalue weighted by molar-refractivity contribution is 0.245. The zero-order valence-corrected chi connectivity index (χ0v) is 9.22. The van der Waals surface area contributed by atoms with E-state index in [1.165, 1.54) is 12.8 Å². The van der Waals surface area contributed by atoms with E-state index in [1.807, 2.05) is 0 Å². The monoisotopic (exact) mass is 214 g/mol. The smallest absolute Gasteiger partial charge is 0.0305 e. The predicted octanol–water partition coefficient (Wildman–Crippen LogP) is 1.84. The predicted molar refractivity (Wildman–Crippen MR) is 58.1 cm³/mol. The average Bonchev–Trinajstić information content (AvgIpc) is 1.96. The SMILES string of the molecule is CCC1(N)CCCCC1N.Cl.Cl. The Kier molecular flexibility index (Phi) is 7.54. The Bertz CT molecular complexity index is 122. The van der Waals surface area contributed by atoms with Gasteiger partial charge < -0.3 is 11.5 Å². The maximum atomic E-state index is 6.08. The zero-order chi connectivity index (χ0) is 7.61.